The summed E-state index contributed by atoms with van der Waals surface area (Å²) in [5.74, 6) is 0.399. The molecule has 0 radical (unpaired) electrons. The molecule has 2 aromatic heterocycles. The second-order valence-corrected chi connectivity index (χ2v) is 7.05. The number of hydrogen-bond donors (Lipinski definition) is 4. The molecular weight excluding hydrogens is 390 g/mol. The van der Waals surface area contributed by atoms with E-state index in [1.165, 1.54) is 6.33 Å². The van der Waals surface area contributed by atoms with Crippen LogP contribution in [0.25, 0.3) is 11.3 Å². The van der Waals surface area contributed by atoms with Crippen LogP contribution in [0.2, 0.25) is 0 Å². The van der Waals surface area contributed by atoms with Crippen molar-refractivity contribution in [3.8, 4) is 11.3 Å². The smallest absolute Gasteiger partial charge is 0.268 e. The SMILES string of the molecule is O=C(NC(CO)c1ccccc1)c1cc(-c2cc(NCc3ccccc3)ncn2)c[nH]1. The van der Waals surface area contributed by atoms with Crippen molar-refractivity contribution in [2.75, 3.05) is 11.9 Å². The molecule has 2 aromatic carbocycles. The van der Waals surface area contributed by atoms with Crippen LogP contribution in [-0.4, -0.2) is 32.6 Å². The van der Waals surface area contributed by atoms with E-state index in [-0.39, 0.29) is 12.5 Å². The van der Waals surface area contributed by atoms with Gasteiger partial charge in [0.1, 0.15) is 17.8 Å². The number of aromatic nitrogens is 3. The lowest BCUT2D eigenvalue weighted by atomic mass is 10.1. The van der Waals surface area contributed by atoms with Crippen LogP contribution in [0.15, 0.2) is 85.3 Å². The third-order valence-electron chi connectivity index (χ3n) is 4.90. The molecule has 0 aliphatic rings. The normalized spacial score (nSPS) is 11.6. The van der Waals surface area contributed by atoms with Gasteiger partial charge in [0.15, 0.2) is 0 Å². The van der Waals surface area contributed by atoms with Gasteiger partial charge in [-0.3, -0.25) is 4.79 Å². The monoisotopic (exact) mass is 413 g/mol. The van der Waals surface area contributed by atoms with Gasteiger partial charge in [-0.1, -0.05) is 60.7 Å². The maximum absolute atomic E-state index is 12.7. The summed E-state index contributed by atoms with van der Waals surface area (Å²) < 4.78 is 0. The van der Waals surface area contributed by atoms with Crippen molar-refractivity contribution in [3.05, 3.63) is 102 Å². The van der Waals surface area contributed by atoms with Gasteiger partial charge in [-0.2, -0.15) is 0 Å². The summed E-state index contributed by atoms with van der Waals surface area (Å²) in [4.78, 5) is 24.2. The molecule has 1 unspecified atom stereocenters. The van der Waals surface area contributed by atoms with Crippen LogP contribution in [0.3, 0.4) is 0 Å². The fraction of sp³-hybridized carbons (Fsp3) is 0.125. The minimum Gasteiger partial charge on any atom is -0.394 e. The Morgan fingerprint density at radius 2 is 1.74 bits per heavy atom. The van der Waals surface area contributed by atoms with Crippen LogP contribution < -0.4 is 10.6 Å². The Balaban J connectivity index is 1.44. The van der Waals surface area contributed by atoms with E-state index in [9.17, 15) is 9.90 Å². The van der Waals surface area contributed by atoms with E-state index in [0.717, 1.165) is 16.7 Å². The number of nitrogens with one attached hydrogen (secondary N) is 3. The molecule has 0 saturated heterocycles. The molecule has 4 aromatic rings. The van der Waals surface area contributed by atoms with Crippen molar-refractivity contribution in [3.63, 3.8) is 0 Å². The van der Waals surface area contributed by atoms with Crippen molar-refractivity contribution in [2.24, 2.45) is 0 Å². The minimum atomic E-state index is -0.478. The average Bonchev–Trinajstić information content (AvgIpc) is 3.33. The molecule has 0 fully saturated rings. The highest BCUT2D eigenvalue weighted by molar-refractivity contribution is 5.94. The van der Waals surface area contributed by atoms with E-state index in [2.05, 4.69) is 25.6 Å². The van der Waals surface area contributed by atoms with Crippen LogP contribution in [0.1, 0.15) is 27.7 Å². The Labute approximate surface area is 180 Å². The highest BCUT2D eigenvalue weighted by Gasteiger charge is 2.16. The summed E-state index contributed by atoms with van der Waals surface area (Å²) in [6, 6.07) is 22.5. The lowest BCUT2D eigenvalue weighted by molar-refractivity contribution is 0.0912. The van der Waals surface area contributed by atoms with E-state index in [0.29, 0.717) is 23.8 Å². The first-order valence-electron chi connectivity index (χ1n) is 9.98. The number of anilines is 1. The second kappa shape index (κ2) is 9.69. The van der Waals surface area contributed by atoms with Crippen LogP contribution >= 0.6 is 0 Å². The number of hydrogen-bond acceptors (Lipinski definition) is 5. The maximum atomic E-state index is 12.7. The highest BCUT2D eigenvalue weighted by Crippen LogP contribution is 2.21. The number of carbonyl (C=O) groups is 1. The van der Waals surface area contributed by atoms with Gasteiger partial charge in [-0.15, -0.1) is 0 Å². The standard InChI is InChI=1S/C24H23N5O2/c30-15-22(18-9-5-2-6-10-18)29-24(31)21-11-19(14-25-21)20-12-23(28-16-27-20)26-13-17-7-3-1-4-8-17/h1-12,14,16,22,25,30H,13,15H2,(H,29,31)(H,26,27,28). The molecule has 4 N–H and O–H groups in total. The molecule has 7 heteroatoms. The summed E-state index contributed by atoms with van der Waals surface area (Å²) in [5, 5.41) is 15.8. The topological polar surface area (TPSA) is 103 Å². The van der Waals surface area contributed by atoms with Crippen molar-refractivity contribution in [2.45, 2.75) is 12.6 Å². The fourth-order valence-corrected chi connectivity index (χ4v) is 3.23. The van der Waals surface area contributed by atoms with E-state index >= 15 is 0 Å². The average molecular weight is 413 g/mol. The quantitative estimate of drug-likeness (QED) is 0.354. The van der Waals surface area contributed by atoms with Gasteiger partial charge in [0.25, 0.3) is 5.91 Å². The van der Waals surface area contributed by atoms with Crippen LogP contribution in [0.4, 0.5) is 5.82 Å². The van der Waals surface area contributed by atoms with Gasteiger partial charge in [0.05, 0.1) is 18.3 Å². The zero-order valence-corrected chi connectivity index (χ0v) is 16.8. The summed E-state index contributed by atoms with van der Waals surface area (Å²) in [6.45, 7) is 0.464. The van der Waals surface area contributed by atoms with Gasteiger partial charge in [-0.25, -0.2) is 9.97 Å². The van der Waals surface area contributed by atoms with Crippen molar-refractivity contribution >= 4 is 11.7 Å². The number of nitrogens with zero attached hydrogens (tertiary/aromatic N) is 2. The summed E-state index contributed by atoms with van der Waals surface area (Å²) >= 11 is 0. The fourth-order valence-electron chi connectivity index (χ4n) is 3.23. The lowest BCUT2D eigenvalue weighted by Gasteiger charge is -2.16. The predicted molar refractivity (Wildman–Crippen MR) is 119 cm³/mol. The van der Waals surface area contributed by atoms with Crippen molar-refractivity contribution < 1.29 is 9.90 Å². The van der Waals surface area contributed by atoms with Gasteiger partial charge in [-0.05, 0) is 17.2 Å². The predicted octanol–water partition coefficient (Wildman–Crippen LogP) is 3.55. The Morgan fingerprint density at radius 3 is 2.48 bits per heavy atom. The second-order valence-electron chi connectivity index (χ2n) is 7.05. The molecule has 7 nitrogen and oxygen atoms in total. The van der Waals surface area contributed by atoms with E-state index < -0.39 is 6.04 Å². The zero-order chi connectivity index (χ0) is 21.5. The number of rotatable bonds is 8. The molecule has 0 bridgehead atoms. The number of benzene rings is 2. The largest absolute Gasteiger partial charge is 0.394 e. The highest BCUT2D eigenvalue weighted by atomic mass is 16.3. The number of aromatic amines is 1. The molecule has 1 amide bonds. The Morgan fingerprint density at radius 1 is 1.00 bits per heavy atom. The molecule has 2 heterocycles. The van der Waals surface area contributed by atoms with Crippen LogP contribution in [-0.2, 0) is 6.54 Å². The molecule has 4 rings (SSSR count). The van der Waals surface area contributed by atoms with E-state index in [1.54, 1.807) is 12.3 Å². The molecule has 0 spiro atoms. The Bertz CT molecular complexity index is 1130. The number of carbonyl (C=O) groups excluding carboxylic acids is 1. The third kappa shape index (κ3) is 5.15. The molecule has 31 heavy (non-hydrogen) atoms. The molecule has 0 aliphatic heterocycles. The molecular formula is C24H23N5O2. The Kier molecular flexibility index (Phi) is 6.35. The van der Waals surface area contributed by atoms with Crippen LogP contribution in [0.5, 0.6) is 0 Å². The first-order valence-corrected chi connectivity index (χ1v) is 9.98. The number of H-pyrrole nitrogens is 1. The number of amides is 1. The molecule has 0 saturated carbocycles. The van der Waals surface area contributed by atoms with Gasteiger partial charge in [0, 0.05) is 24.4 Å². The summed E-state index contributed by atoms with van der Waals surface area (Å²) in [7, 11) is 0. The van der Waals surface area contributed by atoms with Gasteiger partial charge in [0.2, 0.25) is 0 Å². The van der Waals surface area contributed by atoms with E-state index in [4.69, 9.17) is 0 Å². The van der Waals surface area contributed by atoms with Crippen LogP contribution in [0, 0.1) is 0 Å². The first-order chi connectivity index (χ1) is 15.2. The molecule has 0 aliphatic carbocycles. The first kappa shape index (κ1) is 20.3. The molecule has 156 valence electrons. The van der Waals surface area contributed by atoms with Gasteiger partial charge < -0.3 is 20.7 Å². The number of aliphatic hydroxyl groups is 1. The zero-order valence-electron chi connectivity index (χ0n) is 16.8. The lowest BCUT2D eigenvalue weighted by Crippen LogP contribution is -2.30. The third-order valence-corrected chi connectivity index (χ3v) is 4.90. The maximum Gasteiger partial charge on any atom is 0.268 e. The van der Waals surface area contributed by atoms with E-state index in [1.807, 2.05) is 66.7 Å². The van der Waals surface area contributed by atoms with Crippen molar-refractivity contribution in [1.82, 2.24) is 20.3 Å². The Hall–Kier alpha value is -3.97. The van der Waals surface area contributed by atoms with Gasteiger partial charge >= 0.3 is 0 Å². The van der Waals surface area contributed by atoms with Crippen molar-refractivity contribution in [1.29, 1.82) is 0 Å². The summed E-state index contributed by atoms with van der Waals surface area (Å²) in [6.07, 6.45) is 3.22. The minimum absolute atomic E-state index is 0.189. The summed E-state index contributed by atoms with van der Waals surface area (Å²) in [5.41, 5.74) is 3.86. The molecule has 1 atom stereocenters. The number of aliphatic hydroxyl groups excluding tert-OH is 1.